The Bertz CT molecular complexity index is 2900. The van der Waals surface area contributed by atoms with E-state index in [-0.39, 0.29) is 0 Å². The van der Waals surface area contributed by atoms with Crippen LogP contribution in [0, 0.1) is 0 Å². The minimum absolute atomic E-state index is 1.12. The van der Waals surface area contributed by atoms with Crippen molar-refractivity contribution in [2.24, 2.45) is 0 Å². The second-order valence-corrected chi connectivity index (χ2v) is 14.5. The highest BCUT2D eigenvalue weighted by molar-refractivity contribution is 7.25. The van der Waals surface area contributed by atoms with Crippen LogP contribution in [0.1, 0.15) is 0 Å². The van der Waals surface area contributed by atoms with Crippen LogP contribution in [0.25, 0.3) is 75.1 Å². The zero-order chi connectivity index (χ0) is 34.4. The highest BCUT2D eigenvalue weighted by atomic mass is 32.1. The van der Waals surface area contributed by atoms with Crippen LogP contribution in [0.2, 0.25) is 0 Å². The fraction of sp³-hybridized carbons (Fsp3) is 0. The average molecular weight is 680 g/mol. The quantitative estimate of drug-likeness (QED) is 0.169. The lowest BCUT2D eigenvalue weighted by Crippen LogP contribution is -2.11. The summed E-state index contributed by atoms with van der Waals surface area (Å²) in [6.07, 6.45) is 0. The van der Waals surface area contributed by atoms with Gasteiger partial charge in [0.2, 0.25) is 0 Å². The van der Waals surface area contributed by atoms with Gasteiger partial charge in [-0.15, -0.1) is 11.3 Å². The minimum Gasteiger partial charge on any atom is -0.310 e. The van der Waals surface area contributed by atoms with Crippen LogP contribution in [0.3, 0.4) is 0 Å². The molecule has 9 aromatic carbocycles. The Labute approximate surface area is 307 Å². The molecule has 0 fully saturated rings. The van der Waals surface area contributed by atoms with E-state index >= 15 is 0 Å². The third-order valence-corrected chi connectivity index (χ3v) is 11.4. The van der Waals surface area contributed by atoms with E-state index in [4.69, 9.17) is 0 Å². The summed E-state index contributed by atoms with van der Waals surface area (Å²) in [4.78, 5) is 2.43. The molecule has 0 aliphatic carbocycles. The first-order chi connectivity index (χ1) is 25.7. The van der Waals surface area contributed by atoms with Gasteiger partial charge in [-0.25, -0.2) is 0 Å². The summed E-state index contributed by atoms with van der Waals surface area (Å²) in [5, 5.41) is 7.54. The predicted molar refractivity (Wildman–Crippen MR) is 225 cm³/mol. The van der Waals surface area contributed by atoms with Gasteiger partial charge in [-0.1, -0.05) is 146 Å². The molecule has 0 atom stereocenters. The highest BCUT2D eigenvalue weighted by Gasteiger charge is 2.19. The normalized spacial score (nSPS) is 11.5. The highest BCUT2D eigenvalue weighted by Crippen LogP contribution is 2.44. The molecule has 2 heteroatoms. The van der Waals surface area contributed by atoms with Crippen molar-refractivity contribution < 1.29 is 0 Å². The molecule has 0 saturated heterocycles. The molecule has 0 aliphatic heterocycles. The van der Waals surface area contributed by atoms with Gasteiger partial charge in [0.15, 0.2) is 0 Å². The van der Waals surface area contributed by atoms with Gasteiger partial charge in [0.05, 0.1) is 5.69 Å². The largest absolute Gasteiger partial charge is 0.310 e. The molecule has 1 heterocycles. The van der Waals surface area contributed by atoms with Gasteiger partial charge < -0.3 is 4.90 Å². The molecule has 0 radical (unpaired) electrons. The Morgan fingerprint density at radius 1 is 0.308 bits per heavy atom. The molecule has 10 aromatic rings. The minimum atomic E-state index is 1.12. The fourth-order valence-electron chi connectivity index (χ4n) is 7.59. The smallest absolute Gasteiger partial charge is 0.0540 e. The average Bonchev–Trinajstić information content (AvgIpc) is 3.59. The molecular weight excluding hydrogens is 647 g/mol. The first kappa shape index (κ1) is 30.4. The molecule has 0 unspecified atom stereocenters. The first-order valence-electron chi connectivity index (χ1n) is 17.7. The number of fused-ring (bicyclic) bond motifs is 5. The lowest BCUT2D eigenvalue weighted by atomic mass is 9.97. The van der Waals surface area contributed by atoms with Gasteiger partial charge in [0.25, 0.3) is 0 Å². The van der Waals surface area contributed by atoms with Gasteiger partial charge in [-0.3, -0.25) is 0 Å². The van der Waals surface area contributed by atoms with E-state index in [2.05, 4.69) is 205 Å². The molecule has 0 amide bonds. The topological polar surface area (TPSA) is 3.24 Å². The van der Waals surface area contributed by atoms with Crippen molar-refractivity contribution in [1.29, 1.82) is 0 Å². The van der Waals surface area contributed by atoms with Crippen LogP contribution in [0.4, 0.5) is 17.1 Å². The van der Waals surface area contributed by atoms with Crippen LogP contribution in [-0.2, 0) is 0 Å². The van der Waals surface area contributed by atoms with Gasteiger partial charge in [-0.05, 0) is 104 Å². The van der Waals surface area contributed by atoms with Crippen molar-refractivity contribution >= 4 is 70.1 Å². The number of nitrogens with zero attached hydrogens (tertiary/aromatic N) is 1. The molecule has 1 aromatic heterocycles. The predicted octanol–water partition coefficient (Wildman–Crippen LogP) is 14.8. The summed E-state index contributed by atoms with van der Waals surface area (Å²) >= 11 is 1.86. The Balaban J connectivity index is 1.09. The van der Waals surface area contributed by atoms with Crippen LogP contribution in [-0.4, -0.2) is 0 Å². The van der Waals surface area contributed by atoms with E-state index in [1.165, 1.54) is 75.1 Å². The third-order valence-electron chi connectivity index (χ3n) is 10.2. The maximum atomic E-state index is 2.43. The van der Waals surface area contributed by atoms with E-state index in [0.717, 1.165) is 17.1 Å². The molecule has 1 nitrogen and oxygen atoms in total. The van der Waals surface area contributed by atoms with E-state index in [9.17, 15) is 0 Å². The van der Waals surface area contributed by atoms with Crippen molar-refractivity contribution in [3.05, 3.63) is 200 Å². The lowest BCUT2D eigenvalue weighted by Gasteiger charge is -2.28. The number of benzene rings is 9. The molecule has 0 bridgehead atoms. The number of thiophene rings is 1. The number of anilines is 3. The van der Waals surface area contributed by atoms with Gasteiger partial charge in [0, 0.05) is 37.1 Å². The van der Waals surface area contributed by atoms with Crippen molar-refractivity contribution in [2.75, 3.05) is 4.90 Å². The van der Waals surface area contributed by atoms with Gasteiger partial charge >= 0.3 is 0 Å². The number of hydrogen-bond donors (Lipinski definition) is 0. The summed E-state index contributed by atoms with van der Waals surface area (Å²) < 4.78 is 2.62. The Morgan fingerprint density at radius 2 is 0.865 bits per heavy atom. The second kappa shape index (κ2) is 12.7. The van der Waals surface area contributed by atoms with Crippen LogP contribution in [0.15, 0.2) is 200 Å². The maximum Gasteiger partial charge on any atom is 0.0540 e. The molecule has 10 rings (SSSR count). The SMILES string of the molecule is c1ccc(-c2ccccc2N(c2ccc3ccc(-c4ccc(-c5ccc6ccccc6c5)cc4)cc3c2)c2ccc3sc4ccccc4c3c2)cc1. The van der Waals surface area contributed by atoms with Crippen LogP contribution < -0.4 is 4.90 Å². The standard InChI is InChI=1S/C50H33NS/c1-2-11-38(12-3-1)45-14-6-8-16-48(45)51(44-28-29-50-47(33-44)46-15-7-9-17-49(46)52-50)43-27-26-37-23-25-41(31-42(37)32-43)36-20-18-35(19-21-36)40-24-22-34-10-4-5-13-39(34)30-40/h1-33H. The van der Waals surface area contributed by atoms with Crippen molar-refractivity contribution in [1.82, 2.24) is 0 Å². The monoisotopic (exact) mass is 679 g/mol. The summed E-state index contributed by atoms with van der Waals surface area (Å²) in [5.41, 5.74) is 10.7. The molecule has 0 aliphatic rings. The van der Waals surface area contributed by atoms with E-state index < -0.39 is 0 Å². The van der Waals surface area contributed by atoms with Crippen LogP contribution >= 0.6 is 11.3 Å². The van der Waals surface area contributed by atoms with E-state index in [1.54, 1.807) is 0 Å². The van der Waals surface area contributed by atoms with Crippen molar-refractivity contribution in [3.8, 4) is 33.4 Å². The summed E-state index contributed by atoms with van der Waals surface area (Å²) in [7, 11) is 0. The fourth-order valence-corrected chi connectivity index (χ4v) is 8.67. The van der Waals surface area contributed by atoms with Crippen molar-refractivity contribution in [2.45, 2.75) is 0 Å². The first-order valence-corrected chi connectivity index (χ1v) is 18.6. The maximum absolute atomic E-state index is 2.43. The Kier molecular flexibility index (Phi) is 7.41. The molecule has 52 heavy (non-hydrogen) atoms. The lowest BCUT2D eigenvalue weighted by molar-refractivity contribution is 1.29. The van der Waals surface area contributed by atoms with E-state index in [0.29, 0.717) is 0 Å². The molecular formula is C50H33NS. The summed E-state index contributed by atoms with van der Waals surface area (Å²) in [6.45, 7) is 0. The summed E-state index contributed by atoms with van der Waals surface area (Å²) in [6, 6.07) is 73.1. The van der Waals surface area contributed by atoms with Gasteiger partial charge in [0.1, 0.15) is 0 Å². The molecule has 244 valence electrons. The Hall–Kier alpha value is -6.48. The third kappa shape index (κ3) is 5.42. The zero-order valence-corrected chi connectivity index (χ0v) is 29.2. The molecule has 0 N–H and O–H groups in total. The van der Waals surface area contributed by atoms with Crippen LogP contribution in [0.5, 0.6) is 0 Å². The number of para-hydroxylation sites is 1. The molecule has 0 saturated carbocycles. The van der Waals surface area contributed by atoms with Gasteiger partial charge in [-0.2, -0.15) is 0 Å². The second-order valence-electron chi connectivity index (χ2n) is 13.4. The van der Waals surface area contributed by atoms with Crippen molar-refractivity contribution in [3.63, 3.8) is 0 Å². The zero-order valence-electron chi connectivity index (χ0n) is 28.4. The molecule has 0 spiro atoms. The Morgan fingerprint density at radius 3 is 1.67 bits per heavy atom. The number of hydrogen-bond acceptors (Lipinski definition) is 2. The summed E-state index contributed by atoms with van der Waals surface area (Å²) in [5.74, 6) is 0. The van der Waals surface area contributed by atoms with E-state index in [1.807, 2.05) is 11.3 Å². The number of rotatable bonds is 6.